The molecule has 174 valence electrons. The lowest BCUT2D eigenvalue weighted by molar-refractivity contribution is -0.123. The van der Waals surface area contributed by atoms with E-state index in [0.29, 0.717) is 5.56 Å². The summed E-state index contributed by atoms with van der Waals surface area (Å²) in [5.74, 6) is -0.735. The fraction of sp³-hybridized carbons (Fsp3) is 0.222. The smallest absolute Gasteiger partial charge is 0.337 e. The van der Waals surface area contributed by atoms with Crippen LogP contribution in [0.15, 0.2) is 54.2 Å². The molecule has 3 aromatic rings. The number of aryl methyl sites for hydroxylation is 3. The topological polar surface area (TPSA) is 80.6 Å². The van der Waals surface area contributed by atoms with Crippen molar-refractivity contribution in [3.63, 3.8) is 0 Å². The van der Waals surface area contributed by atoms with Crippen molar-refractivity contribution in [2.45, 2.75) is 34.2 Å². The molecule has 0 saturated carbocycles. The molecule has 0 unspecified atom stereocenters. The van der Waals surface area contributed by atoms with Crippen LogP contribution in [-0.2, 0) is 16.1 Å². The van der Waals surface area contributed by atoms with Gasteiger partial charge >= 0.3 is 12.0 Å². The molecule has 3 amide bonds. The first-order valence-corrected chi connectivity index (χ1v) is 11.0. The zero-order valence-electron chi connectivity index (χ0n) is 19.9. The minimum Gasteiger partial charge on any atom is -0.465 e. The van der Waals surface area contributed by atoms with Crippen LogP contribution < -0.4 is 5.32 Å². The molecule has 7 heteroatoms. The van der Waals surface area contributed by atoms with Crippen LogP contribution in [0.4, 0.5) is 4.79 Å². The zero-order chi connectivity index (χ0) is 24.6. The summed E-state index contributed by atoms with van der Waals surface area (Å²) >= 11 is 0. The van der Waals surface area contributed by atoms with E-state index in [4.69, 9.17) is 4.74 Å². The van der Waals surface area contributed by atoms with Gasteiger partial charge in [0.05, 0.1) is 19.2 Å². The van der Waals surface area contributed by atoms with Crippen molar-refractivity contribution in [3.05, 3.63) is 93.4 Å². The summed E-state index contributed by atoms with van der Waals surface area (Å²) in [6.07, 6.45) is 1.71. The Hall–Kier alpha value is -4.13. The van der Waals surface area contributed by atoms with Gasteiger partial charge in [-0.05, 0) is 74.7 Å². The Bertz CT molecular complexity index is 1330. The predicted octanol–water partition coefficient (Wildman–Crippen LogP) is 4.59. The molecule has 1 saturated heterocycles. The van der Waals surface area contributed by atoms with E-state index < -0.39 is 6.03 Å². The van der Waals surface area contributed by atoms with E-state index in [0.717, 1.165) is 39.3 Å². The Morgan fingerprint density at radius 1 is 1.00 bits per heavy atom. The number of methoxy groups -OCH3 is 1. The van der Waals surface area contributed by atoms with Crippen LogP contribution in [0.5, 0.6) is 0 Å². The third-order valence-corrected chi connectivity index (χ3v) is 6.05. The molecule has 2 heterocycles. The lowest BCUT2D eigenvalue weighted by Gasteiger charge is -2.14. The van der Waals surface area contributed by atoms with Crippen molar-refractivity contribution < 1.29 is 19.1 Å². The highest BCUT2D eigenvalue weighted by atomic mass is 16.5. The molecule has 1 aromatic heterocycles. The number of hydrogen-bond donors (Lipinski definition) is 1. The molecule has 4 rings (SSSR count). The van der Waals surface area contributed by atoms with E-state index in [-0.39, 0.29) is 24.1 Å². The normalized spacial score (nSPS) is 14.6. The number of ether oxygens (including phenoxy) is 1. The first-order valence-electron chi connectivity index (χ1n) is 11.0. The first kappa shape index (κ1) is 23.0. The molecule has 1 aliphatic heterocycles. The minimum absolute atomic E-state index is 0.215. The second-order valence-electron chi connectivity index (χ2n) is 8.52. The maximum atomic E-state index is 13.0. The number of esters is 1. The highest BCUT2D eigenvalue weighted by Gasteiger charge is 2.33. The van der Waals surface area contributed by atoms with Crippen LogP contribution in [0.1, 0.15) is 44.0 Å². The number of aromatic nitrogens is 1. The average Bonchev–Trinajstić information content (AvgIpc) is 3.23. The summed E-state index contributed by atoms with van der Waals surface area (Å²) in [6.45, 7) is 8.07. The van der Waals surface area contributed by atoms with Gasteiger partial charge in [0.25, 0.3) is 5.91 Å². The number of rotatable bonds is 5. The van der Waals surface area contributed by atoms with Crippen molar-refractivity contribution >= 4 is 24.0 Å². The maximum absolute atomic E-state index is 13.0. The molecule has 0 atom stereocenters. The summed E-state index contributed by atoms with van der Waals surface area (Å²) in [4.78, 5) is 38.5. The summed E-state index contributed by atoms with van der Waals surface area (Å²) in [7, 11) is 1.36. The molecule has 0 spiro atoms. The van der Waals surface area contributed by atoms with Crippen LogP contribution in [0.3, 0.4) is 0 Å². The van der Waals surface area contributed by atoms with Crippen molar-refractivity contribution in [1.29, 1.82) is 0 Å². The third kappa shape index (κ3) is 4.24. The van der Waals surface area contributed by atoms with E-state index in [1.165, 1.54) is 12.0 Å². The number of urea groups is 1. The van der Waals surface area contributed by atoms with Gasteiger partial charge in [-0.3, -0.25) is 9.69 Å². The fourth-order valence-corrected chi connectivity index (χ4v) is 4.20. The van der Waals surface area contributed by atoms with Crippen molar-refractivity contribution in [3.8, 4) is 5.69 Å². The van der Waals surface area contributed by atoms with Crippen LogP contribution in [0.2, 0.25) is 0 Å². The molecular formula is C27H27N3O4. The molecule has 2 aromatic carbocycles. The number of benzene rings is 2. The summed E-state index contributed by atoms with van der Waals surface area (Å²) < 4.78 is 6.87. The Morgan fingerprint density at radius 3 is 2.35 bits per heavy atom. The second-order valence-corrected chi connectivity index (χ2v) is 8.52. The van der Waals surface area contributed by atoms with Gasteiger partial charge in [-0.15, -0.1) is 0 Å². The van der Waals surface area contributed by atoms with E-state index >= 15 is 0 Å². The van der Waals surface area contributed by atoms with Crippen LogP contribution >= 0.6 is 0 Å². The lowest BCUT2D eigenvalue weighted by atomic mass is 10.1. The maximum Gasteiger partial charge on any atom is 0.337 e. The molecule has 1 fully saturated rings. The van der Waals surface area contributed by atoms with Crippen molar-refractivity contribution in [2.24, 2.45) is 0 Å². The lowest BCUT2D eigenvalue weighted by Crippen LogP contribution is -2.30. The molecular weight excluding hydrogens is 430 g/mol. The number of amides is 3. The second kappa shape index (κ2) is 9.02. The highest BCUT2D eigenvalue weighted by molar-refractivity contribution is 6.14. The Kier molecular flexibility index (Phi) is 6.11. The van der Waals surface area contributed by atoms with E-state index in [1.807, 2.05) is 64.1 Å². The van der Waals surface area contributed by atoms with Crippen molar-refractivity contribution in [2.75, 3.05) is 7.11 Å². The number of carbonyl (C=O) groups is 3. The standard InChI is InChI=1S/C27H27N3O4/c1-16-6-8-20(9-7-16)15-29-25(31)23(28-27(29)33)14-22-13-18(3)30(19(22)4)24-11-10-21(12-17(24)2)26(32)34-5/h6-14H,15H2,1-5H3,(H,28,33)/b23-14+. The Labute approximate surface area is 198 Å². The third-order valence-electron chi connectivity index (χ3n) is 6.05. The molecule has 7 nitrogen and oxygen atoms in total. The van der Waals surface area contributed by atoms with Gasteiger partial charge in [-0.2, -0.15) is 0 Å². The van der Waals surface area contributed by atoms with E-state index in [1.54, 1.807) is 18.2 Å². The van der Waals surface area contributed by atoms with Gasteiger partial charge in [0, 0.05) is 17.1 Å². The monoisotopic (exact) mass is 457 g/mol. The van der Waals surface area contributed by atoms with Crippen molar-refractivity contribution in [1.82, 2.24) is 14.8 Å². The number of imide groups is 1. The first-order chi connectivity index (χ1) is 16.2. The molecule has 1 N–H and O–H groups in total. The number of nitrogens with one attached hydrogen (secondary N) is 1. The SMILES string of the molecule is COC(=O)c1ccc(-n2c(C)cc(/C=C3/NC(=O)N(Cc4ccc(C)cc4)C3=O)c2C)c(C)c1. The van der Waals surface area contributed by atoms with E-state index in [9.17, 15) is 14.4 Å². The quantitative estimate of drug-likeness (QED) is 0.345. The molecule has 1 aliphatic rings. The van der Waals surface area contributed by atoms with Gasteiger partial charge in [-0.25, -0.2) is 9.59 Å². The summed E-state index contributed by atoms with van der Waals surface area (Å²) in [6, 6.07) is 14.7. The van der Waals surface area contributed by atoms with Gasteiger partial charge in [0.2, 0.25) is 0 Å². The number of carbonyl (C=O) groups excluding carboxylic acids is 3. The fourth-order valence-electron chi connectivity index (χ4n) is 4.20. The highest BCUT2D eigenvalue weighted by Crippen LogP contribution is 2.27. The van der Waals surface area contributed by atoms with Crippen LogP contribution in [-0.4, -0.2) is 34.5 Å². The summed E-state index contributed by atoms with van der Waals surface area (Å²) in [5, 5.41) is 2.71. The molecule has 0 radical (unpaired) electrons. The molecule has 0 aliphatic carbocycles. The van der Waals surface area contributed by atoms with Gasteiger partial charge in [-0.1, -0.05) is 29.8 Å². The van der Waals surface area contributed by atoms with Crippen LogP contribution in [0, 0.1) is 27.7 Å². The Balaban J connectivity index is 1.63. The number of nitrogens with zero attached hydrogens (tertiary/aromatic N) is 2. The zero-order valence-corrected chi connectivity index (χ0v) is 19.9. The van der Waals surface area contributed by atoms with Gasteiger partial charge in [0.1, 0.15) is 5.70 Å². The minimum atomic E-state index is -0.431. The van der Waals surface area contributed by atoms with E-state index in [2.05, 4.69) is 9.88 Å². The Morgan fingerprint density at radius 2 is 1.71 bits per heavy atom. The predicted molar refractivity (Wildman–Crippen MR) is 130 cm³/mol. The van der Waals surface area contributed by atoms with Crippen LogP contribution in [0.25, 0.3) is 11.8 Å². The summed E-state index contributed by atoms with van der Waals surface area (Å²) in [5.41, 5.74) is 7.29. The largest absolute Gasteiger partial charge is 0.465 e. The molecule has 34 heavy (non-hydrogen) atoms. The van der Waals surface area contributed by atoms with Gasteiger partial charge < -0.3 is 14.6 Å². The average molecular weight is 458 g/mol. The number of hydrogen-bond acceptors (Lipinski definition) is 4. The van der Waals surface area contributed by atoms with Gasteiger partial charge in [0.15, 0.2) is 0 Å². The molecule has 0 bridgehead atoms.